The lowest BCUT2D eigenvalue weighted by atomic mass is 9.99. The van der Waals surface area contributed by atoms with Crippen LogP contribution in [0.4, 0.5) is 0 Å². The number of para-hydroxylation sites is 1. The number of H-pyrrole nitrogens is 2. The maximum Gasteiger partial charge on any atom is 0.326 e. The average Bonchev–Trinajstić information content (AvgIpc) is 3.59. The summed E-state index contributed by atoms with van der Waals surface area (Å²) in [6.45, 7) is 3.74. The van der Waals surface area contributed by atoms with Crippen LogP contribution in [0.3, 0.4) is 0 Å². The van der Waals surface area contributed by atoms with Crippen molar-refractivity contribution in [1.29, 1.82) is 0 Å². The van der Waals surface area contributed by atoms with E-state index in [1.807, 2.05) is 38.1 Å². The number of carboxylic acid groups (broad SMARTS) is 1. The second-order valence-electron chi connectivity index (χ2n) is 9.46. The zero-order valence-corrected chi connectivity index (χ0v) is 22.7. The van der Waals surface area contributed by atoms with E-state index in [0.717, 1.165) is 16.5 Å². The van der Waals surface area contributed by atoms with Crippen molar-refractivity contribution in [3.05, 3.63) is 54.2 Å². The van der Waals surface area contributed by atoms with Crippen LogP contribution in [-0.4, -0.2) is 73.7 Å². The predicted molar refractivity (Wildman–Crippen MR) is 149 cm³/mol. The Kier molecular flexibility index (Phi) is 10.5. The van der Waals surface area contributed by atoms with Gasteiger partial charge < -0.3 is 36.8 Å². The van der Waals surface area contributed by atoms with Crippen LogP contribution in [0, 0.1) is 5.92 Å². The van der Waals surface area contributed by atoms with Gasteiger partial charge in [0.1, 0.15) is 18.1 Å². The fraction of sp³-hybridized carbons (Fsp3) is 0.423. The van der Waals surface area contributed by atoms with Crippen LogP contribution in [0.25, 0.3) is 10.9 Å². The maximum atomic E-state index is 13.3. The van der Waals surface area contributed by atoms with Gasteiger partial charge in [0.15, 0.2) is 0 Å². The minimum atomic E-state index is -1.26. The number of rotatable bonds is 14. The monoisotopic (exact) mass is 557 g/mol. The molecule has 0 aliphatic carbocycles. The van der Waals surface area contributed by atoms with Gasteiger partial charge in [-0.2, -0.15) is 12.6 Å². The molecule has 2 heterocycles. The van der Waals surface area contributed by atoms with Gasteiger partial charge in [0.2, 0.25) is 17.7 Å². The van der Waals surface area contributed by atoms with Crippen molar-refractivity contribution >= 4 is 47.2 Å². The average molecular weight is 558 g/mol. The van der Waals surface area contributed by atoms with Gasteiger partial charge in [-0.15, -0.1) is 0 Å². The lowest BCUT2D eigenvalue weighted by Gasteiger charge is -2.25. The number of aliphatic carboxylic acids is 1. The van der Waals surface area contributed by atoms with Crippen LogP contribution >= 0.6 is 12.6 Å². The minimum absolute atomic E-state index is 0.0105. The molecule has 5 atom stereocenters. The molecule has 0 aliphatic rings. The number of aromatic nitrogens is 3. The van der Waals surface area contributed by atoms with E-state index in [0.29, 0.717) is 12.1 Å². The largest absolute Gasteiger partial charge is 0.480 e. The highest BCUT2D eigenvalue weighted by Crippen LogP contribution is 2.19. The lowest BCUT2D eigenvalue weighted by Crippen LogP contribution is -2.58. The molecule has 8 N–H and O–H groups in total. The zero-order valence-electron chi connectivity index (χ0n) is 21.8. The third-order valence-corrected chi connectivity index (χ3v) is 7.07. The Morgan fingerprint density at radius 1 is 1.00 bits per heavy atom. The highest BCUT2D eigenvalue weighted by atomic mass is 32.1. The number of aromatic amines is 2. The Morgan fingerprint density at radius 3 is 2.31 bits per heavy atom. The first-order valence-corrected chi connectivity index (χ1v) is 13.3. The van der Waals surface area contributed by atoms with E-state index in [9.17, 15) is 24.3 Å². The number of nitrogens with zero attached hydrogens (tertiary/aromatic N) is 1. The van der Waals surface area contributed by atoms with Crippen LogP contribution in [0.2, 0.25) is 0 Å². The molecule has 5 unspecified atom stereocenters. The molecule has 3 amide bonds. The van der Waals surface area contributed by atoms with Crippen molar-refractivity contribution in [1.82, 2.24) is 30.9 Å². The van der Waals surface area contributed by atoms with Gasteiger partial charge in [-0.25, -0.2) is 9.78 Å². The Labute approximate surface area is 231 Å². The fourth-order valence-corrected chi connectivity index (χ4v) is 4.32. The number of imidazole rings is 1. The molecule has 210 valence electrons. The summed E-state index contributed by atoms with van der Waals surface area (Å²) in [5.74, 6) is -3.22. The molecule has 3 aromatic rings. The van der Waals surface area contributed by atoms with Crippen molar-refractivity contribution in [3.8, 4) is 0 Å². The van der Waals surface area contributed by atoms with Gasteiger partial charge in [-0.3, -0.25) is 14.4 Å². The number of carboxylic acids is 1. The number of hydrogen-bond donors (Lipinski definition) is 8. The molecule has 13 heteroatoms. The summed E-state index contributed by atoms with van der Waals surface area (Å²) >= 11 is 4.18. The van der Waals surface area contributed by atoms with E-state index in [1.165, 1.54) is 12.5 Å². The first kappa shape index (κ1) is 29.7. The first-order chi connectivity index (χ1) is 18.6. The Bertz CT molecular complexity index is 1280. The summed E-state index contributed by atoms with van der Waals surface area (Å²) in [4.78, 5) is 60.9. The van der Waals surface area contributed by atoms with Crippen LogP contribution in [-0.2, 0) is 32.0 Å². The molecule has 12 nitrogen and oxygen atoms in total. The highest BCUT2D eigenvalue weighted by molar-refractivity contribution is 7.80. The van der Waals surface area contributed by atoms with Crippen molar-refractivity contribution < 1.29 is 24.3 Å². The SMILES string of the molecule is CCC(C)C(N)C(=O)NC(CS)C(=O)NC(Cc1cnc[nH]1)C(=O)NC(Cc1c[nH]c2ccccc12)C(=O)O. The van der Waals surface area contributed by atoms with Crippen LogP contribution in [0.15, 0.2) is 43.0 Å². The number of nitrogens with one attached hydrogen (secondary N) is 5. The number of fused-ring (bicyclic) bond motifs is 1. The van der Waals surface area contributed by atoms with E-state index >= 15 is 0 Å². The fourth-order valence-electron chi connectivity index (χ4n) is 4.07. The zero-order chi connectivity index (χ0) is 28.5. The van der Waals surface area contributed by atoms with Crippen molar-refractivity contribution in [3.63, 3.8) is 0 Å². The molecule has 0 bridgehead atoms. The van der Waals surface area contributed by atoms with E-state index in [-0.39, 0.29) is 24.5 Å². The lowest BCUT2D eigenvalue weighted by molar-refractivity contribution is -0.142. The smallest absolute Gasteiger partial charge is 0.326 e. The Balaban J connectivity index is 1.75. The van der Waals surface area contributed by atoms with Gasteiger partial charge in [0.25, 0.3) is 0 Å². The number of benzene rings is 1. The summed E-state index contributed by atoms with van der Waals surface area (Å²) in [5, 5.41) is 18.5. The first-order valence-electron chi connectivity index (χ1n) is 12.7. The summed E-state index contributed by atoms with van der Waals surface area (Å²) in [7, 11) is 0. The van der Waals surface area contributed by atoms with Gasteiger partial charge in [-0.1, -0.05) is 38.5 Å². The Morgan fingerprint density at radius 2 is 1.67 bits per heavy atom. The molecule has 0 spiro atoms. The van der Waals surface area contributed by atoms with Gasteiger partial charge in [0.05, 0.1) is 12.4 Å². The van der Waals surface area contributed by atoms with E-state index in [2.05, 4.69) is 43.5 Å². The van der Waals surface area contributed by atoms with Crippen LogP contribution < -0.4 is 21.7 Å². The number of hydrogen-bond acceptors (Lipinski definition) is 7. The third-order valence-electron chi connectivity index (χ3n) is 6.70. The second kappa shape index (κ2) is 13.8. The van der Waals surface area contributed by atoms with E-state index in [4.69, 9.17) is 5.73 Å². The summed E-state index contributed by atoms with van der Waals surface area (Å²) in [6.07, 6.45) is 5.35. The van der Waals surface area contributed by atoms with Crippen LogP contribution in [0.5, 0.6) is 0 Å². The maximum absolute atomic E-state index is 13.3. The van der Waals surface area contributed by atoms with Gasteiger partial charge >= 0.3 is 5.97 Å². The molecule has 3 rings (SSSR count). The molecule has 0 aliphatic heterocycles. The summed E-state index contributed by atoms with van der Waals surface area (Å²) in [6, 6.07) is 3.15. The van der Waals surface area contributed by atoms with E-state index in [1.54, 1.807) is 6.20 Å². The topological polar surface area (TPSA) is 195 Å². The molecule has 0 saturated carbocycles. The summed E-state index contributed by atoms with van der Waals surface area (Å²) in [5.41, 5.74) is 8.10. The number of carbonyl (C=O) groups is 4. The highest BCUT2D eigenvalue weighted by Gasteiger charge is 2.31. The molecular formula is C26H35N7O5S. The summed E-state index contributed by atoms with van der Waals surface area (Å²) < 4.78 is 0. The molecular weight excluding hydrogens is 522 g/mol. The molecule has 0 radical (unpaired) electrons. The number of nitrogens with two attached hydrogens (primary N) is 1. The molecule has 0 fully saturated rings. The number of thiol groups is 1. The molecule has 1 aromatic carbocycles. The predicted octanol–water partition coefficient (Wildman–Crippen LogP) is 0.518. The quantitative estimate of drug-likeness (QED) is 0.132. The molecule has 0 saturated heterocycles. The molecule has 39 heavy (non-hydrogen) atoms. The van der Waals surface area contributed by atoms with Gasteiger partial charge in [-0.05, 0) is 17.5 Å². The number of carbonyl (C=O) groups excluding carboxylic acids is 3. The minimum Gasteiger partial charge on any atom is -0.480 e. The third kappa shape index (κ3) is 7.83. The van der Waals surface area contributed by atoms with Crippen LogP contribution in [0.1, 0.15) is 31.5 Å². The number of amides is 3. The second-order valence-corrected chi connectivity index (χ2v) is 9.83. The van der Waals surface area contributed by atoms with Crippen molar-refractivity contribution in [2.24, 2.45) is 11.7 Å². The Hall–Kier alpha value is -3.84. The standard InChI is InChI=1S/C26H35N7O5S/c1-3-14(2)22(27)25(36)33-21(12-39)24(35)31-19(9-16-11-28-13-30-16)23(34)32-20(26(37)38)8-15-10-29-18-7-5-4-6-17(15)18/h4-7,10-11,13-14,19-22,29,39H,3,8-9,12,27H2,1-2H3,(H,28,30)(H,31,35)(H,32,34)(H,33,36)(H,37,38). The van der Waals surface area contributed by atoms with Gasteiger partial charge in [0, 0.05) is 47.6 Å². The van der Waals surface area contributed by atoms with Crippen molar-refractivity contribution in [2.75, 3.05) is 5.75 Å². The molecule has 2 aromatic heterocycles. The van der Waals surface area contributed by atoms with E-state index < -0.39 is 47.9 Å². The van der Waals surface area contributed by atoms with Crippen molar-refractivity contribution in [2.45, 2.75) is 57.3 Å². The normalized spacial score (nSPS) is 15.1.